The largest absolute Gasteiger partial charge is 0.464 e. The molecule has 6 rings (SSSR count). The van der Waals surface area contributed by atoms with Gasteiger partial charge in [0.15, 0.2) is 0 Å². The molecule has 3 aliphatic rings. The average Bonchev–Trinajstić information content (AvgIpc) is 3.31. The van der Waals surface area contributed by atoms with Gasteiger partial charge in [-0.1, -0.05) is 60.5 Å². The van der Waals surface area contributed by atoms with Crippen molar-refractivity contribution in [2.75, 3.05) is 18.5 Å². The van der Waals surface area contributed by atoms with Crippen LogP contribution >= 0.6 is 0 Å². The van der Waals surface area contributed by atoms with Crippen molar-refractivity contribution in [3.8, 4) is 0 Å². The van der Waals surface area contributed by atoms with Crippen molar-refractivity contribution in [2.24, 2.45) is 5.92 Å². The predicted molar refractivity (Wildman–Crippen MR) is 158 cm³/mol. The number of esters is 1. The minimum Gasteiger partial charge on any atom is -0.464 e. The highest BCUT2D eigenvalue weighted by Crippen LogP contribution is 2.46. The third-order valence-electron chi connectivity index (χ3n) is 8.73. The SMILES string of the molecule is CCOC(=O)[C@@]12C[C@H]1/C=C\CCCCC[C@H](Nc1ccccc1)C(=O)N1C[C@H](n3nnc4ccccc43)C[C@H]1C(=O)N2. The Morgan fingerprint density at radius 1 is 1.10 bits per heavy atom. The van der Waals surface area contributed by atoms with E-state index in [1.165, 1.54) is 0 Å². The molecule has 0 spiro atoms. The molecule has 1 aliphatic carbocycles. The van der Waals surface area contributed by atoms with E-state index < -0.39 is 23.6 Å². The van der Waals surface area contributed by atoms with E-state index in [0.717, 1.165) is 42.4 Å². The summed E-state index contributed by atoms with van der Waals surface area (Å²) in [5.74, 6) is -1.02. The standard InChI is InChI=1S/C32H38N6O4/c1-2-42-31(41)32-20-22(32)13-7-4-3-5-10-17-26(33-23-14-8-6-9-15-23)30(40)37-21-24(19-28(37)29(39)34-32)38-27-18-12-11-16-25(27)35-36-38/h6-9,11-16,18,22,24,26,28,33H,2-5,10,17,19-21H2,1H3,(H,34,39)/b13-7-/t22-,24-,26+,28+,32-/m1/s1. The first-order valence-corrected chi connectivity index (χ1v) is 15.1. The molecule has 220 valence electrons. The number of allylic oxidation sites excluding steroid dienone is 1. The minimum absolute atomic E-state index is 0.126. The van der Waals surface area contributed by atoms with Gasteiger partial charge in [0.05, 0.1) is 18.2 Å². The summed E-state index contributed by atoms with van der Waals surface area (Å²) < 4.78 is 7.23. The molecule has 3 aromatic rings. The summed E-state index contributed by atoms with van der Waals surface area (Å²) >= 11 is 0. The second-order valence-corrected chi connectivity index (χ2v) is 11.5. The number of carbonyl (C=O) groups is 3. The normalized spacial score (nSPS) is 29.0. The van der Waals surface area contributed by atoms with Crippen LogP contribution < -0.4 is 10.6 Å². The van der Waals surface area contributed by atoms with E-state index in [9.17, 15) is 14.4 Å². The zero-order valence-electron chi connectivity index (χ0n) is 23.9. The third-order valence-corrected chi connectivity index (χ3v) is 8.73. The number of hydrogen-bond donors (Lipinski definition) is 2. The lowest BCUT2D eigenvalue weighted by Gasteiger charge is -2.30. The number of amides is 2. The second-order valence-electron chi connectivity index (χ2n) is 11.5. The summed E-state index contributed by atoms with van der Waals surface area (Å²) in [4.78, 5) is 43.2. The maximum atomic E-state index is 14.3. The molecule has 2 N–H and O–H groups in total. The molecule has 0 unspecified atom stereocenters. The van der Waals surface area contributed by atoms with Gasteiger partial charge in [-0.2, -0.15) is 0 Å². The van der Waals surface area contributed by atoms with Gasteiger partial charge in [-0.05, 0) is 56.9 Å². The van der Waals surface area contributed by atoms with Crippen LogP contribution in [0.2, 0.25) is 0 Å². The van der Waals surface area contributed by atoms with Crippen LogP contribution in [0.1, 0.15) is 57.9 Å². The van der Waals surface area contributed by atoms with Crippen molar-refractivity contribution >= 4 is 34.5 Å². The van der Waals surface area contributed by atoms with Gasteiger partial charge < -0.3 is 20.3 Å². The van der Waals surface area contributed by atoms with E-state index >= 15 is 0 Å². The molecular weight excluding hydrogens is 532 g/mol. The summed E-state index contributed by atoms with van der Waals surface area (Å²) in [5, 5.41) is 15.2. The van der Waals surface area contributed by atoms with E-state index in [-0.39, 0.29) is 30.4 Å². The number of nitrogens with zero attached hydrogens (tertiary/aromatic N) is 4. The molecule has 2 fully saturated rings. The quantitative estimate of drug-likeness (QED) is 0.352. The number of benzene rings is 2. The number of hydrogen-bond acceptors (Lipinski definition) is 7. The lowest BCUT2D eigenvalue weighted by molar-refractivity contribution is -0.150. The number of rotatable bonds is 5. The first-order valence-electron chi connectivity index (χ1n) is 15.1. The molecule has 3 heterocycles. The molecule has 2 amide bonds. The number of anilines is 1. The molecule has 1 aromatic heterocycles. The first kappa shape index (κ1) is 27.9. The zero-order valence-corrected chi connectivity index (χ0v) is 23.9. The Balaban J connectivity index is 1.34. The van der Waals surface area contributed by atoms with E-state index in [1.807, 2.05) is 65.4 Å². The maximum Gasteiger partial charge on any atom is 0.332 e. The van der Waals surface area contributed by atoms with Crippen LogP contribution in [0, 0.1) is 5.92 Å². The van der Waals surface area contributed by atoms with Gasteiger partial charge in [0, 0.05) is 24.6 Å². The molecule has 0 radical (unpaired) electrons. The van der Waals surface area contributed by atoms with Gasteiger partial charge in [-0.15, -0.1) is 5.10 Å². The molecule has 0 bridgehead atoms. The Morgan fingerprint density at radius 3 is 2.74 bits per heavy atom. The van der Waals surface area contributed by atoms with Crippen molar-refractivity contribution in [1.82, 2.24) is 25.2 Å². The number of carbonyl (C=O) groups excluding carboxylic acids is 3. The number of nitrogens with one attached hydrogen (secondary N) is 2. The molecule has 1 saturated carbocycles. The van der Waals surface area contributed by atoms with Crippen LogP contribution in [0.15, 0.2) is 66.7 Å². The fourth-order valence-electron chi connectivity index (χ4n) is 6.39. The topological polar surface area (TPSA) is 118 Å². The van der Waals surface area contributed by atoms with Crippen molar-refractivity contribution in [3.63, 3.8) is 0 Å². The Morgan fingerprint density at radius 2 is 1.90 bits per heavy atom. The fourth-order valence-corrected chi connectivity index (χ4v) is 6.39. The molecule has 1 saturated heterocycles. The highest BCUT2D eigenvalue weighted by Gasteiger charge is 2.62. The van der Waals surface area contributed by atoms with Gasteiger partial charge in [-0.25, -0.2) is 9.48 Å². The second kappa shape index (κ2) is 12.0. The highest BCUT2D eigenvalue weighted by molar-refractivity contribution is 5.96. The lowest BCUT2D eigenvalue weighted by atomic mass is 10.0. The van der Waals surface area contributed by atoms with Crippen LogP contribution in [0.5, 0.6) is 0 Å². The van der Waals surface area contributed by atoms with Crippen LogP contribution in [0.4, 0.5) is 5.69 Å². The summed E-state index contributed by atoms with van der Waals surface area (Å²) in [6.07, 6.45) is 9.38. The van der Waals surface area contributed by atoms with Gasteiger partial charge in [0.25, 0.3) is 0 Å². The van der Waals surface area contributed by atoms with Crippen LogP contribution in [-0.4, -0.2) is 68.5 Å². The van der Waals surface area contributed by atoms with Crippen molar-refractivity contribution in [2.45, 2.75) is 75.5 Å². The first-order chi connectivity index (χ1) is 20.5. The summed E-state index contributed by atoms with van der Waals surface area (Å²) in [7, 11) is 0. The monoisotopic (exact) mass is 570 g/mol. The molecule has 2 aliphatic heterocycles. The summed E-state index contributed by atoms with van der Waals surface area (Å²) in [6, 6.07) is 15.9. The lowest BCUT2D eigenvalue weighted by Crippen LogP contribution is -2.55. The molecule has 10 heteroatoms. The van der Waals surface area contributed by atoms with E-state index in [1.54, 1.807) is 11.8 Å². The number of aromatic nitrogens is 3. The predicted octanol–water partition coefficient (Wildman–Crippen LogP) is 4.01. The van der Waals surface area contributed by atoms with Crippen molar-refractivity contribution < 1.29 is 19.1 Å². The van der Waals surface area contributed by atoms with Crippen LogP contribution in [-0.2, 0) is 19.1 Å². The molecule has 2 aromatic carbocycles. The van der Waals surface area contributed by atoms with Crippen LogP contribution in [0.3, 0.4) is 0 Å². The maximum absolute atomic E-state index is 14.3. The van der Waals surface area contributed by atoms with Gasteiger partial charge in [0.1, 0.15) is 23.1 Å². The van der Waals surface area contributed by atoms with Gasteiger partial charge in [-0.3, -0.25) is 9.59 Å². The molecular formula is C32H38N6O4. The number of fused-ring (bicyclic) bond motifs is 3. The Kier molecular flexibility index (Phi) is 7.95. The highest BCUT2D eigenvalue weighted by atomic mass is 16.5. The average molecular weight is 571 g/mol. The smallest absolute Gasteiger partial charge is 0.332 e. The van der Waals surface area contributed by atoms with Gasteiger partial charge >= 0.3 is 5.97 Å². The van der Waals surface area contributed by atoms with Crippen molar-refractivity contribution in [1.29, 1.82) is 0 Å². The van der Waals surface area contributed by atoms with Crippen molar-refractivity contribution in [3.05, 3.63) is 66.7 Å². The fraction of sp³-hybridized carbons (Fsp3) is 0.469. The van der Waals surface area contributed by atoms with E-state index in [2.05, 4.69) is 27.0 Å². The molecule has 42 heavy (non-hydrogen) atoms. The molecule has 10 nitrogen and oxygen atoms in total. The summed E-state index contributed by atoms with van der Waals surface area (Å²) in [6.45, 7) is 2.31. The zero-order chi connectivity index (χ0) is 29.1. The summed E-state index contributed by atoms with van der Waals surface area (Å²) in [5.41, 5.74) is 1.37. The van der Waals surface area contributed by atoms with E-state index in [4.69, 9.17) is 4.74 Å². The minimum atomic E-state index is -1.10. The Bertz CT molecular complexity index is 1470. The molecule has 5 atom stereocenters. The Labute approximate surface area is 245 Å². The van der Waals surface area contributed by atoms with Crippen LogP contribution in [0.25, 0.3) is 11.0 Å². The third kappa shape index (κ3) is 5.49. The van der Waals surface area contributed by atoms with Gasteiger partial charge in [0.2, 0.25) is 11.8 Å². The number of ether oxygens (including phenoxy) is 1. The number of para-hydroxylation sites is 2. The Hall–Kier alpha value is -4.21. The van der Waals surface area contributed by atoms with E-state index in [0.29, 0.717) is 25.8 Å².